The Kier molecular flexibility index (Phi) is 2.59. The molecule has 1 saturated carbocycles. The summed E-state index contributed by atoms with van der Waals surface area (Å²) < 4.78 is 1.03. The number of hydrogen-bond donors (Lipinski definition) is 1. The molecule has 2 rings (SSSR count). The van der Waals surface area contributed by atoms with Crippen LogP contribution in [0.25, 0.3) is 0 Å². The molecule has 0 spiro atoms. The van der Waals surface area contributed by atoms with E-state index in [1.807, 2.05) is 19.1 Å². The Labute approximate surface area is 97.4 Å². The zero-order valence-corrected chi connectivity index (χ0v) is 10.2. The zero-order chi connectivity index (χ0) is 11.1. The highest BCUT2D eigenvalue weighted by atomic mass is 79.9. The highest BCUT2D eigenvalue weighted by molar-refractivity contribution is 9.10. The summed E-state index contributed by atoms with van der Waals surface area (Å²) in [5, 5.41) is 8.90. The van der Waals surface area contributed by atoms with Crippen molar-refractivity contribution in [3.8, 4) is 0 Å². The summed E-state index contributed by atoms with van der Waals surface area (Å²) in [6.45, 7) is 2.03. The molecular formula is C12H13BrO2. The van der Waals surface area contributed by atoms with Crippen molar-refractivity contribution in [3.05, 3.63) is 33.8 Å². The number of aryl methyl sites for hydroxylation is 1. The van der Waals surface area contributed by atoms with Gasteiger partial charge in [0.15, 0.2) is 0 Å². The fourth-order valence-electron chi connectivity index (χ4n) is 2.03. The standard InChI is InChI=1S/C12H13BrO2/c1-8-2-3-10(13)9(6-8)12(4-5-12)7-11(14)15/h2-3,6H,4-5,7H2,1H3,(H,14,15). The van der Waals surface area contributed by atoms with E-state index in [1.54, 1.807) is 0 Å². The molecule has 0 atom stereocenters. The quantitative estimate of drug-likeness (QED) is 0.914. The Hall–Kier alpha value is -0.830. The highest BCUT2D eigenvalue weighted by Crippen LogP contribution is 2.53. The van der Waals surface area contributed by atoms with Crippen molar-refractivity contribution in [3.63, 3.8) is 0 Å². The minimum atomic E-state index is -0.707. The molecule has 0 heterocycles. The van der Waals surface area contributed by atoms with E-state index in [2.05, 4.69) is 22.0 Å². The third-order valence-electron chi connectivity index (χ3n) is 3.04. The molecule has 0 radical (unpaired) electrons. The lowest BCUT2D eigenvalue weighted by Crippen LogP contribution is -2.13. The van der Waals surface area contributed by atoms with Crippen LogP contribution in [0.2, 0.25) is 0 Å². The lowest BCUT2D eigenvalue weighted by atomic mass is 9.91. The number of carbonyl (C=O) groups is 1. The van der Waals surface area contributed by atoms with Crippen LogP contribution in [0.3, 0.4) is 0 Å². The molecule has 1 N–H and O–H groups in total. The summed E-state index contributed by atoms with van der Waals surface area (Å²) >= 11 is 3.50. The smallest absolute Gasteiger partial charge is 0.304 e. The van der Waals surface area contributed by atoms with Gasteiger partial charge in [0.2, 0.25) is 0 Å². The van der Waals surface area contributed by atoms with Crippen molar-refractivity contribution in [1.82, 2.24) is 0 Å². The Balaban J connectivity index is 2.36. The monoisotopic (exact) mass is 268 g/mol. The molecule has 0 saturated heterocycles. The van der Waals surface area contributed by atoms with Gasteiger partial charge in [0.05, 0.1) is 6.42 Å². The van der Waals surface area contributed by atoms with E-state index in [0.29, 0.717) is 0 Å². The van der Waals surface area contributed by atoms with Crippen LogP contribution in [-0.2, 0) is 10.2 Å². The maximum atomic E-state index is 10.8. The summed E-state index contributed by atoms with van der Waals surface area (Å²) in [6.07, 6.45) is 2.22. The third kappa shape index (κ3) is 2.07. The van der Waals surface area contributed by atoms with E-state index in [0.717, 1.165) is 22.9 Å². The van der Waals surface area contributed by atoms with Crippen LogP contribution in [0, 0.1) is 6.92 Å². The summed E-state index contributed by atoms with van der Waals surface area (Å²) in [5.74, 6) is -0.707. The van der Waals surface area contributed by atoms with Gasteiger partial charge < -0.3 is 5.11 Å². The van der Waals surface area contributed by atoms with E-state index in [-0.39, 0.29) is 11.8 Å². The maximum absolute atomic E-state index is 10.8. The molecule has 1 aromatic carbocycles. The van der Waals surface area contributed by atoms with Crippen LogP contribution in [0.4, 0.5) is 0 Å². The van der Waals surface area contributed by atoms with Crippen LogP contribution in [-0.4, -0.2) is 11.1 Å². The Morgan fingerprint density at radius 1 is 1.53 bits per heavy atom. The summed E-state index contributed by atoms with van der Waals surface area (Å²) in [5.41, 5.74) is 2.24. The molecule has 2 nitrogen and oxygen atoms in total. The molecule has 15 heavy (non-hydrogen) atoms. The van der Waals surface area contributed by atoms with Crippen LogP contribution < -0.4 is 0 Å². The lowest BCUT2D eigenvalue weighted by Gasteiger charge is -2.15. The molecule has 1 aliphatic carbocycles. The Morgan fingerprint density at radius 2 is 2.20 bits per heavy atom. The van der Waals surface area contributed by atoms with E-state index < -0.39 is 5.97 Å². The second kappa shape index (κ2) is 3.63. The van der Waals surface area contributed by atoms with Crippen molar-refractivity contribution in [2.24, 2.45) is 0 Å². The molecular weight excluding hydrogens is 256 g/mol. The predicted molar refractivity (Wildman–Crippen MR) is 62.0 cm³/mol. The molecule has 0 unspecified atom stereocenters. The molecule has 80 valence electrons. The predicted octanol–water partition coefficient (Wildman–Crippen LogP) is 3.26. The number of benzene rings is 1. The molecule has 0 amide bonds. The van der Waals surface area contributed by atoms with Crippen molar-refractivity contribution in [1.29, 1.82) is 0 Å². The minimum absolute atomic E-state index is 0.101. The topological polar surface area (TPSA) is 37.3 Å². The maximum Gasteiger partial charge on any atom is 0.304 e. The van der Waals surface area contributed by atoms with Crippen LogP contribution in [0.15, 0.2) is 22.7 Å². The normalized spacial score (nSPS) is 17.5. The number of carboxylic acids is 1. The fourth-order valence-corrected chi connectivity index (χ4v) is 2.69. The van der Waals surface area contributed by atoms with Crippen LogP contribution in [0.1, 0.15) is 30.4 Å². The lowest BCUT2D eigenvalue weighted by molar-refractivity contribution is -0.137. The first-order valence-electron chi connectivity index (χ1n) is 5.02. The van der Waals surface area contributed by atoms with E-state index >= 15 is 0 Å². The van der Waals surface area contributed by atoms with Crippen LogP contribution in [0.5, 0.6) is 0 Å². The first kappa shape index (κ1) is 10.7. The number of halogens is 1. The molecule has 0 aliphatic heterocycles. The molecule has 0 aromatic heterocycles. The summed E-state index contributed by atoms with van der Waals surface area (Å²) in [4.78, 5) is 10.8. The van der Waals surface area contributed by atoms with Crippen molar-refractivity contribution >= 4 is 21.9 Å². The van der Waals surface area contributed by atoms with Gasteiger partial charge in [-0.15, -0.1) is 0 Å². The molecule has 1 aromatic rings. The van der Waals surface area contributed by atoms with Gasteiger partial charge in [-0.3, -0.25) is 4.79 Å². The van der Waals surface area contributed by atoms with Gasteiger partial charge in [0.25, 0.3) is 0 Å². The van der Waals surface area contributed by atoms with Gasteiger partial charge in [-0.05, 0) is 31.4 Å². The fraction of sp³-hybridized carbons (Fsp3) is 0.417. The number of aliphatic carboxylic acids is 1. The first-order chi connectivity index (χ1) is 7.03. The van der Waals surface area contributed by atoms with Gasteiger partial charge in [-0.1, -0.05) is 33.6 Å². The molecule has 1 aliphatic rings. The van der Waals surface area contributed by atoms with E-state index in [9.17, 15) is 4.79 Å². The van der Waals surface area contributed by atoms with Gasteiger partial charge in [0.1, 0.15) is 0 Å². The SMILES string of the molecule is Cc1ccc(Br)c(C2(CC(=O)O)CC2)c1. The van der Waals surface area contributed by atoms with Gasteiger partial charge in [0, 0.05) is 9.89 Å². The largest absolute Gasteiger partial charge is 0.481 e. The Morgan fingerprint density at radius 3 is 2.73 bits per heavy atom. The van der Waals surface area contributed by atoms with Crippen LogP contribution >= 0.6 is 15.9 Å². The van der Waals surface area contributed by atoms with Crippen molar-refractivity contribution in [2.45, 2.75) is 31.6 Å². The van der Waals surface area contributed by atoms with E-state index in [4.69, 9.17) is 5.11 Å². The number of carboxylic acid groups (broad SMARTS) is 1. The van der Waals surface area contributed by atoms with E-state index in [1.165, 1.54) is 5.56 Å². The van der Waals surface area contributed by atoms with Gasteiger partial charge in [-0.2, -0.15) is 0 Å². The average molecular weight is 269 g/mol. The van der Waals surface area contributed by atoms with Crippen molar-refractivity contribution in [2.75, 3.05) is 0 Å². The summed E-state index contributed by atoms with van der Waals surface area (Å²) in [6, 6.07) is 6.14. The average Bonchev–Trinajstić information content (AvgIpc) is 2.89. The summed E-state index contributed by atoms with van der Waals surface area (Å²) in [7, 11) is 0. The van der Waals surface area contributed by atoms with Gasteiger partial charge >= 0.3 is 5.97 Å². The second-order valence-electron chi connectivity index (χ2n) is 4.33. The molecule has 1 fully saturated rings. The van der Waals surface area contributed by atoms with Crippen molar-refractivity contribution < 1.29 is 9.90 Å². The minimum Gasteiger partial charge on any atom is -0.481 e. The zero-order valence-electron chi connectivity index (χ0n) is 8.59. The second-order valence-corrected chi connectivity index (χ2v) is 5.19. The highest BCUT2D eigenvalue weighted by Gasteiger charge is 2.46. The molecule has 0 bridgehead atoms. The third-order valence-corrected chi connectivity index (χ3v) is 3.73. The first-order valence-corrected chi connectivity index (χ1v) is 5.81. The number of rotatable bonds is 3. The van der Waals surface area contributed by atoms with Gasteiger partial charge in [-0.25, -0.2) is 0 Å². The number of hydrogen-bond acceptors (Lipinski definition) is 1. The molecule has 3 heteroatoms. The Bertz CT molecular complexity index is 408.